The molecule has 5 nitrogen and oxygen atoms in total. The third-order valence-electron chi connectivity index (χ3n) is 4.44. The summed E-state index contributed by atoms with van der Waals surface area (Å²) in [6, 6.07) is 17.1. The maximum atomic E-state index is 12.7. The van der Waals surface area contributed by atoms with Gasteiger partial charge in [0, 0.05) is 6.20 Å². The van der Waals surface area contributed by atoms with Gasteiger partial charge in [-0.2, -0.15) is 5.10 Å². The minimum Gasteiger partial charge on any atom is -0.394 e. The molecule has 1 unspecified atom stereocenters. The van der Waals surface area contributed by atoms with Gasteiger partial charge in [0.05, 0.1) is 29.6 Å². The summed E-state index contributed by atoms with van der Waals surface area (Å²) in [6.45, 7) is 3.73. The molecule has 0 spiro atoms. The Balaban J connectivity index is 1.79. The highest BCUT2D eigenvalue weighted by Gasteiger charge is 2.19. The Morgan fingerprint density at radius 3 is 2.46 bits per heavy atom. The number of para-hydroxylation sites is 1. The molecule has 0 aliphatic carbocycles. The van der Waals surface area contributed by atoms with E-state index in [1.165, 1.54) is 5.56 Å². The number of hydrogen-bond acceptors (Lipinski definition) is 3. The Bertz CT molecular complexity index is 870. The van der Waals surface area contributed by atoms with Crippen molar-refractivity contribution in [1.82, 2.24) is 15.1 Å². The molecule has 3 rings (SSSR count). The minimum absolute atomic E-state index is 0.164. The second-order valence-electron chi connectivity index (χ2n) is 6.21. The van der Waals surface area contributed by atoms with E-state index >= 15 is 0 Å². The number of aliphatic hydroxyl groups excluding tert-OH is 1. The predicted molar refractivity (Wildman–Crippen MR) is 101 cm³/mol. The second kappa shape index (κ2) is 7.97. The maximum absolute atomic E-state index is 12.7. The van der Waals surface area contributed by atoms with Gasteiger partial charge in [-0.05, 0) is 36.6 Å². The maximum Gasteiger partial charge on any atom is 0.255 e. The Labute approximate surface area is 153 Å². The van der Waals surface area contributed by atoms with Crippen LogP contribution in [0.4, 0.5) is 0 Å². The minimum atomic E-state index is -0.451. The largest absolute Gasteiger partial charge is 0.394 e. The van der Waals surface area contributed by atoms with Gasteiger partial charge in [0.1, 0.15) is 0 Å². The topological polar surface area (TPSA) is 67.2 Å². The highest BCUT2D eigenvalue weighted by atomic mass is 16.3. The van der Waals surface area contributed by atoms with Crippen LogP contribution in [0.25, 0.3) is 5.69 Å². The number of aliphatic hydroxyl groups is 1. The molecule has 2 aromatic carbocycles. The van der Waals surface area contributed by atoms with Gasteiger partial charge < -0.3 is 10.4 Å². The van der Waals surface area contributed by atoms with Crippen LogP contribution in [-0.2, 0) is 6.42 Å². The Morgan fingerprint density at radius 1 is 1.15 bits per heavy atom. The molecule has 0 saturated carbocycles. The number of aryl methyl sites for hydroxylation is 2. The molecule has 2 N–H and O–H groups in total. The van der Waals surface area contributed by atoms with Crippen molar-refractivity contribution in [1.29, 1.82) is 0 Å². The lowest BCUT2D eigenvalue weighted by Gasteiger charge is -2.17. The zero-order chi connectivity index (χ0) is 18.5. The molecule has 3 aromatic rings. The van der Waals surface area contributed by atoms with Crippen molar-refractivity contribution in [2.75, 3.05) is 6.61 Å². The van der Waals surface area contributed by atoms with E-state index in [0.29, 0.717) is 11.3 Å². The lowest BCUT2D eigenvalue weighted by Crippen LogP contribution is -2.31. The van der Waals surface area contributed by atoms with Crippen LogP contribution in [-0.4, -0.2) is 27.4 Å². The monoisotopic (exact) mass is 349 g/mol. The first kappa shape index (κ1) is 17.9. The van der Waals surface area contributed by atoms with Crippen molar-refractivity contribution >= 4 is 5.91 Å². The van der Waals surface area contributed by atoms with Gasteiger partial charge in [-0.15, -0.1) is 0 Å². The van der Waals surface area contributed by atoms with E-state index in [0.717, 1.165) is 17.7 Å². The highest BCUT2D eigenvalue weighted by Crippen LogP contribution is 2.17. The van der Waals surface area contributed by atoms with Crippen LogP contribution in [0.3, 0.4) is 0 Å². The molecular weight excluding hydrogens is 326 g/mol. The molecule has 0 aliphatic rings. The summed E-state index contributed by atoms with van der Waals surface area (Å²) in [5.41, 5.74) is 4.13. The van der Waals surface area contributed by atoms with Gasteiger partial charge in [-0.1, -0.05) is 49.4 Å². The molecule has 1 heterocycles. The van der Waals surface area contributed by atoms with E-state index in [1.807, 2.05) is 54.6 Å². The number of aromatic nitrogens is 2. The number of carbonyl (C=O) groups excluding carboxylic acids is 1. The number of benzene rings is 2. The van der Waals surface area contributed by atoms with Crippen molar-refractivity contribution in [2.24, 2.45) is 0 Å². The average molecular weight is 349 g/mol. The average Bonchev–Trinajstić information content (AvgIpc) is 3.08. The standard InChI is InChI=1S/C21H23N3O2/c1-3-16-9-11-17(12-10-16)20(14-25)22-21(26)19-13-24(23-15(19)2)18-7-5-4-6-8-18/h4-13,20,25H,3,14H2,1-2H3,(H,22,26). The van der Waals surface area contributed by atoms with Gasteiger partial charge in [0.15, 0.2) is 0 Å². The van der Waals surface area contributed by atoms with Crippen molar-refractivity contribution in [3.63, 3.8) is 0 Å². The third kappa shape index (κ3) is 3.83. The summed E-state index contributed by atoms with van der Waals surface area (Å²) >= 11 is 0. The van der Waals surface area contributed by atoms with Crippen molar-refractivity contribution < 1.29 is 9.90 Å². The van der Waals surface area contributed by atoms with Gasteiger partial charge in [0.25, 0.3) is 5.91 Å². The first-order valence-corrected chi connectivity index (χ1v) is 8.74. The van der Waals surface area contributed by atoms with E-state index < -0.39 is 6.04 Å². The predicted octanol–water partition coefficient (Wildman–Crippen LogP) is 3.21. The molecule has 1 atom stereocenters. The van der Waals surface area contributed by atoms with Crippen LogP contribution in [0.2, 0.25) is 0 Å². The van der Waals surface area contributed by atoms with E-state index in [2.05, 4.69) is 17.3 Å². The number of hydrogen-bond donors (Lipinski definition) is 2. The van der Waals surface area contributed by atoms with Crippen LogP contribution in [0.1, 0.15) is 40.1 Å². The van der Waals surface area contributed by atoms with Gasteiger partial charge in [-0.3, -0.25) is 4.79 Å². The van der Waals surface area contributed by atoms with Crippen molar-refractivity contribution in [3.8, 4) is 5.69 Å². The molecular formula is C21H23N3O2. The Kier molecular flexibility index (Phi) is 5.49. The SMILES string of the molecule is CCc1ccc(C(CO)NC(=O)c2cn(-c3ccccc3)nc2C)cc1. The van der Waals surface area contributed by atoms with Crippen molar-refractivity contribution in [3.05, 3.63) is 83.2 Å². The summed E-state index contributed by atoms with van der Waals surface area (Å²) in [5, 5.41) is 17.0. The Morgan fingerprint density at radius 2 is 1.85 bits per heavy atom. The fraction of sp³-hybridized carbons (Fsp3) is 0.238. The summed E-state index contributed by atoms with van der Waals surface area (Å²) in [4.78, 5) is 12.7. The van der Waals surface area contributed by atoms with Crippen LogP contribution in [0.15, 0.2) is 60.8 Å². The number of nitrogens with one attached hydrogen (secondary N) is 1. The summed E-state index contributed by atoms with van der Waals surface area (Å²) in [5.74, 6) is -0.247. The fourth-order valence-corrected chi connectivity index (χ4v) is 2.85. The molecule has 0 saturated heterocycles. The highest BCUT2D eigenvalue weighted by molar-refractivity contribution is 5.95. The smallest absolute Gasteiger partial charge is 0.255 e. The molecule has 0 bridgehead atoms. The first-order valence-electron chi connectivity index (χ1n) is 8.74. The zero-order valence-electron chi connectivity index (χ0n) is 15.0. The quantitative estimate of drug-likeness (QED) is 0.718. The summed E-state index contributed by atoms with van der Waals surface area (Å²) in [6.07, 6.45) is 2.67. The molecule has 1 amide bonds. The second-order valence-corrected chi connectivity index (χ2v) is 6.21. The van der Waals surface area contributed by atoms with Gasteiger partial charge >= 0.3 is 0 Å². The molecule has 1 aromatic heterocycles. The van der Waals surface area contributed by atoms with Gasteiger partial charge in [0.2, 0.25) is 0 Å². The summed E-state index contributed by atoms with van der Waals surface area (Å²) in [7, 11) is 0. The molecule has 26 heavy (non-hydrogen) atoms. The summed E-state index contributed by atoms with van der Waals surface area (Å²) < 4.78 is 1.69. The lowest BCUT2D eigenvalue weighted by atomic mass is 10.0. The third-order valence-corrected chi connectivity index (χ3v) is 4.44. The van der Waals surface area contributed by atoms with Crippen LogP contribution < -0.4 is 5.32 Å². The molecule has 0 fully saturated rings. The van der Waals surface area contributed by atoms with E-state index in [-0.39, 0.29) is 12.5 Å². The van der Waals surface area contributed by atoms with E-state index in [9.17, 15) is 9.90 Å². The fourth-order valence-electron chi connectivity index (χ4n) is 2.85. The number of rotatable bonds is 6. The zero-order valence-corrected chi connectivity index (χ0v) is 15.0. The van der Waals surface area contributed by atoms with Crippen LogP contribution >= 0.6 is 0 Å². The molecule has 0 radical (unpaired) electrons. The first-order chi connectivity index (χ1) is 12.6. The molecule has 0 aliphatic heterocycles. The van der Waals surface area contributed by atoms with E-state index in [1.54, 1.807) is 17.8 Å². The molecule has 5 heteroatoms. The van der Waals surface area contributed by atoms with Crippen LogP contribution in [0.5, 0.6) is 0 Å². The number of carbonyl (C=O) groups is 1. The normalized spacial score (nSPS) is 12.0. The Hall–Kier alpha value is -2.92. The molecule has 134 valence electrons. The van der Waals surface area contributed by atoms with E-state index in [4.69, 9.17) is 0 Å². The lowest BCUT2D eigenvalue weighted by molar-refractivity contribution is 0.0915. The van der Waals surface area contributed by atoms with Gasteiger partial charge in [-0.25, -0.2) is 4.68 Å². The van der Waals surface area contributed by atoms with Crippen molar-refractivity contribution in [2.45, 2.75) is 26.3 Å². The number of amides is 1. The number of nitrogens with zero attached hydrogens (tertiary/aromatic N) is 2. The van der Waals surface area contributed by atoms with Crippen LogP contribution in [0, 0.1) is 6.92 Å².